The van der Waals surface area contributed by atoms with Gasteiger partial charge in [-0.15, -0.1) is 5.10 Å². The molecule has 0 atom stereocenters. The quantitative estimate of drug-likeness (QED) is 0.552. The summed E-state index contributed by atoms with van der Waals surface area (Å²) in [5.74, 6) is 0.851. The summed E-state index contributed by atoms with van der Waals surface area (Å²) in [4.78, 5) is 10.8. The maximum Gasteiger partial charge on any atom is 0.172 e. The number of hydrogen-bond acceptors (Lipinski definition) is 4. The minimum atomic E-state index is 0.367. The highest BCUT2D eigenvalue weighted by atomic mass is 16.5. The molecule has 5 nitrogen and oxygen atoms in total. The molecule has 0 saturated carbocycles. The molecule has 1 aromatic carbocycles. The predicted molar refractivity (Wildman–Crippen MR) is 81.1 cm³/mol. The highest BCUT2D eigenvalue weighted by Gasteiger charge is 2.08. The van der Waals surface area contributed by atoms with Gasteiger partial charge in [-0.05, 0) is 37.6 Å². The van der Waals surface area contributed by atoms with Crippen molar-refractivity contribution in [1.29, 1.82) is 0 Å². The van der Waals surface area contributed by atoms with Crippen LogP contribution in [0.4, 0.5) is 0 Å². The van der Waals surface area contributed by atoms with Gasteiger partial charge in [-0.3, -0.25) is 4.79 Å². The molecule has 1 heterocycles. The van der Waals surface area contributed by atoms with Crippen molar-refractivity contribution in [3.05, 3.63) is 35.7 Å². The van der Waals surface area contributed by atoms with Crippen molar-refractivity contribution in [1.82, 2.24) is 15.0 Å². The molecule has 0 N–H and O–H groups in total. The monoisotopic (exact) mass is 287 g/mol. The highest BCUT2D eigenvalue weighted by molar-refractivity contribution is 5.73. The van der Waals surface area contributed by atoms with Crippen molar-refractivity contribution in [2.75, 3.05) is 6.61 Å². The van der Waals surface area contributed by atoms with Gasteiger partial charge < -0.3 is 4.74 Å². The van der Waals surface area contributed by atoms with Gasteiger partial charge in [0.05, 0.1) is 18.0 Å². The molecule has 0 bridgehead atoms. The topological polar surface area (TPSA) is 57.0 Å². The minimum absolute atomic E-state index is 0.367. The van der Waals surface area contributed by atoms with Gasteiger partial charge in [0, 0.05) is 0 Å². The van der Waals surface area contributed by atoms with Gasteiger partial charge in [0.15, 0.2) is 6.29 Å². The van der Waals surface area contributed by atoms with Crippen LogP contribution in [0.3, 0.4) is 0 Å². The molecule has 0 aliphatic rings. The van der Waals surface area contributed by atoms with Crippen molar-refractivity contribution in [2.24, 2.45) is 0 Å². The lowest BCUT2D eigenvalue weighted by Crippen LogP contribution is -2.01. The van der Waals surface area contributed by atoms with E-state index in [1.165, 1.54) is 19.3 Å². The second-order valence-electron chi connectivity index (χ2n) is 4.99. The number of benzene rings is 1. The zero-order chi connectivity index (χ0) is 15.1. The summed E-state index contributed by atoms with van der Waals surface area (Å²) in [6.07, 6.45) is 5.50. The molecule has 0 aliphatic heterocycles. The Hall–Kier alpha value is -2.17. The Kier molecular flexibility index (Phi) is 5.49. The molecule has 0 amide bonds. The number of rotatable bonds is 8. The molecular weight excluding hydrogens is 266 g/mol. The van der Waals surface area contributed by atoms with Crippen molar-refractivity contribution < 1.29 is 9.53 Å². The molecule has 0 fully saturated rings. The van der Waals surface area contributed by atoms with Crippen molar-refractivity contribution in [2.45, 2.75) is 39.5 Å². The van der Waals surface area contributed by atoms with Crippen LogP contribution in [0.15, 0.2) is 24.3 Å². The van der Waals surface area contributed by atoms with E-state index in [0.29, 0.717) is 12.0 Å². The van der Waals surface area contributed by atoms with Gasteiger partial charge in [0.25, 0.3) is 0 Å². The van der Waals surface area contributed by atoms with Crippen LogP contribution in [0.1, 0.15) is 48.8 Å². The molecule has 21 heavy (non-hydrogen) atoms. The third kappa shape index (κ3) is 3.90. The maximum absolute atomic E-state index is 10.8. The van der Waals surface area contributed by atoms with Crippen molar-refractivity contribution >= 4 is 6.29 Å². The summed E-state index contributed by atoms with van der Waals surface area (Å²) < 4.78 is 7.35. The van der Waals surface area contributed by atoms with Crippen LogP contribution in [-0.2, 0) is 0 Å². The van der Waals surface area contributed by atoms with Gasteiger partial charge in [0.1, 0.15) is 11.4 Å². The predicted octanol–water partition coefficient (Wildman–Crippen LogP) is 3.35. The van der Waals surface area contributed by atoms with Crippen molar-refractivity contribution in [3.8, 4) is 11.4 Å². The number of ether oxygens (including phenoxy) is 1. The number of aromatic nitrogens is 3. The Morgan fingerprint density at radius 1 is 1.19 bits per heavy atom. The lowest BCUT2D eigenvalue weighted by Gasteiger charge is -2.07. The minimum Gasteiger partial charge on any atom is -0.494 e. The lowest BCUT2D eigenvalue weighted by molar-refractivity contribution is 0.111. The van der Waals surface area contributed by atoms with E-state index >= 15 is 0 Å². The third-order valence-corrected chi connectivity index (χ3v) is 3.39. The Balaban J connectivity index is 1.95. The second-order valence-corrected chi connectivity index (χ2v) is 4.99. The first-order chi connectivity index (χ1) is 10.3. The van der Waals surface area contributed by atoms with E-state index < -0.39 is 0 Å². The van der Waals surface area contributed by atoms with Crippen LogP contribution in [0, 0.1) is 6.92 Å². The van der Waals surface area contributed by atoms with Crippen molar-refractivity contribution in [3.63, 3.8) is 0 Å². The SMILES string of the molecule is CCCCCCOc1ccc(-n2nnc(C=O)c2C)cc1. The number of unbranched alkanes of at least 4 members (excludes halogenated alkanes) is 3. The molecule has 0 spiro atoms. The second kappa shape index (κ2) is 7.57. The van der Waals surface area contributed by atoms with Gasteiger partial charge in [-0.25, -0.2) is 4.68 Å². The number of nitrogens with zero attached hydrogens (tertiary/aromatic N) is 3. The summed E-state index contributed by atoms with van der Waals surface area (Å²) in [5.41, 5.74) is 1.97. The van der Waals surface area contributed by atoms with Gasteiger partial charge in [0.2, 0.25) is 0 Å². The van der Waals surface area contributed by atoms with Gasteiger partial charge in [-0.2, -0.15) is 0 Å². The molecule has 112 valence electrons. The molecule has 1 aromatic heterocycles. The Bertz CT molecular complexity index is 576. The van der Waals surface area contributed by atoms with Crippen LogP contribution in [0.25, 0.3) is 5.69 Å². The van der Waals surface area contributed by atoms with E-state index in [1.54, 1.807) is 4.68 Å². The first kappa shape index (κ1) is 15.2. The molecule has 2 rings (SSSR count). The van der Waals surface area contributed by atoms with Crippen LogP contribution in [-0.4, -0.2) is 27.9 Å². The molecule has 0 aliphatic carbocycles. The zero-order valence-corrected chi connectivity index (χ0v) is 12.6. The van der Waals surface area contributed by atoms with Crippen LogP contribution in [0.5, 0.6) is 5.75 Å². The van der Waals surface area contributed by atoms with Crippen LogP contribution >= 0.6 is 0 Å². The van der Waals surface area contributed by atoms with E-state index in [4.69, 9.17) is 4.74 Å². The average Bonchev–Trinajstić information content (AvgIpc) is 2.88. The summed E-state index contributed by atoms with van der Waals surface area (Å²) in [6, 6.07) is 7.66. The molecule has 5 heteroatoms. The third-order valence-electron chi connectivity index (χ3n) is 3.39. The fraction of sp³-hybridized carbons (Fsp3) is 0.438. The van der Waals surface area contributed by atoms with E-state index in [1.807, 2.05) is 31.2 Å². The standard InChI is InChI=1S/C16H21N3O2/c1-3-4-5-6-11-21-15-9-7-14(8-10-15)19-13(2)16(12-20)17-18-19/h7-10,12H,3-6,11H2,1-2H3. The summed E-state index contributed by atoms with van der Waals surface area (Å²) in [5, 5.41) is 7.80. The van der Waals surface area contributed by atoms with Crippen LogP contribution in [0.2, 0.25) is 0 Å². The maximum atomic E-state index is 10.8. The number of aldehydes is 1. The smallest absolute Gasteiger partial charge is 0.172 e. The van der Waals surface area contributed by atoms with E-state index in [2.05, 4.69) is 17.2 Å². The molecule has 0 saturated heterocycles. The van der Waals surface area contributed by atoms with Gasteiger partial charge >= 0.3 is 0 Å². The number of carbonyl (C=O) groups excluding carboxylic acids is 1. The average molecular weight is 287 g/mol. The Labute approximate surface area is 124 Å². The first-order valence-electron chi connectivity index (χ1n) is 7.37. The normalized spacial score (nSPS) is 10.6. The first-order valence-corrected chi connectivity index (χ1v) is 7.37. The largest absolute Gasteiger partial charge is 0.494 e. The zero-order valence-electron chi connectivity index (χ0n) is 12.6. The number of carbonyl (C=O) groups is 1. The van der Waals surface area contributed by atoms with E-state index in [0.717, 1.165) is 30.2 Å². The van der Waals surface area contributed by atoms with Crippen LogP contribution < -0.4 is 4.74 Å². The fourth-order valence-corrected chi connectivity index (χ4v) is 2.10. The van der Waals surface area contributed by atoms with E-state index in [-0.39, 0.29) is 0 Å². The summed E-state index contributed by atoms with van der Waals surface area (Å²) in [7, 11) is 0. The number of hydrogen-bond donors (Lipinski definition) is 0. The van der Waals surface area contributed by atoms with E-state index in [9.17, 15) is 4.79 Å². The lowest BCUT2D eigenvalue weighted by atomic mass is 10.2. The molecular formula is C16H21N3O2. The summed E-state index contributed by atoms with van der Waals surface area (Å²) >= 11 is 0. The molecule has 2 aromatic rings. The fourth-order valence-electron chi connectivity index (χ4n) is 2.10. The molecule has 0 unspecified atom stereocenters. The van der Waals surface area contributed by atoms with Gasteiger partial charge in [-0.1, -0.05) is 31.4 Å². The Morgan fingerprint density at radius 2 is 1.95 bits per heavy atom. The molecule has 0 radical (unpaired) electrons. The Morgan fingerprint density at radius 3 is 2.57 bits per heavy atom. The highest BCUT2D eigenvalue weighted by Crippen LogP contribution is 2.17. The summed E-state index contributed by atoms with van der Waals surface area (Å²) in [6.45, 7) is 4.76.